The molecule has 0 aliphatic heterocycles. The van der Waals surface area contributed by atoms with Gasteiger partial charge in [-0.3, -0.25) is 20.2 Å². The minimum atomic E-state index is -0.455. The fraction of sp³-hybridized carbons (Fsp3) is 0. The number of nitrogens with zero attached hydrogens (tertiary/aromatic N) is 3. The zero-order chi connectivity index (χ0) is 22.0. The molecule has 0 atom stereocenters. The summed E-state index contributed by atoms with van der Waals surface area (Å²) in [6, 6.07) is 23.4. The summed E-state index contributed by atoms with van der Waals surface area (Å²) < 4.78 is 0. The van der Waals surface area contributed by atoms with Crippen LogP contribution in [0.1, 0.15) is 0 Å². The average Bonchev–Trinajstić information content (AvgIpc) is 2.79. The number of hydrogen-bond acceptors (Lipinski definition) is 5. The van der Waals surface area contributed by atoms with Gasteiger partial charge in [0.2, 0.25) is 0 Å². The molecule has 0 saturated carbocycles. The molecule has 4 aromatic rings. The van der Waals surface area contributed by atoms with Crippen LogP contribution in [0.4, 0.5) is 11.4 Å². The predicted molar refractivity (Wildman–Crippen MR) is 119 cm³/mol. The Bertz CT molecular complexity index is 1200. The van der Waals surface area contributed by atoms with Gasteiger partial charge in [-0.15, -0.1) is 0 Å². The van der Waals surface area contributed by atoms with Crippen LogP contribution in [0.3, 0.4) is 0 Å². The van der Waals surface area contributed by atoms with Crippen molar-refractivity contribution in [3.63, 3.8) is 0 Å². The molecule has 0 amide bonds. The van der Waals surface area contributed by atoms with Crippen molar-refractivity contribution < 1.29 is 9.85 Å². The van der Waals surface area contributed by atoms with E-state index in [1.807, 2.05) is 24.3 Å². The van der Waals surface area contributed by atoms with Gasteiger partial charge in [-0.1, -0.05) is 23.7 Å². The molecule has 152 valence electrons. The first-order valence-electron chi connectivity index (χ1n) is 9.18. The van der Waals surface area contributed by atoms with Gasteiger partial charge in [-0.25, -0.2) is 4.98 Å². The van der Waals surface area contributed by atoms with E-state index in [0.29, 0.717) is 27.5 Å². The first-order valence-corrected chi connectivity index (χ1v) is 9.56. The van der Waals surface area contributed by atoms with Gasteiger partial charge in [-0.05, 0) is 59.7 Å². The van der Waals surface area contributed by atoms with Gasteiger partial charge < -0.3 is 0 Å². The van der Waals surface area contributed by atoms with Crippen LogP contribution in [0.2, 0.25) is 5.02 Å². The molecule has 31 heavy (non-hydrogen) atoms. The number of nitro benzene ring substituents is 2. The summed E-state index contributed by atoms with van der Waals surface area (Å²) in [5.74, 6) is 0. The minimum Gasteiger partial charge on any atom is -0.258 e. The largest absolute Gasteiger partial charge is 0.269 e. The molecule has 1 heterocycles. The quantitative estimate of drug-likeness (QED) is 0.263. The Balaban J connectivity index is 1.84. The summed E-state index contributed by atoms with van der Waals surface area (Å²) in [6.45, 7) is 0. The van der Waals surface area contributed by atoms with Crippen molar-refractivity contribution in [2.24, 2.45) is 0 Å². The van der Waals surface area contributed by atoms with E-state index < -0.39 is 9.85 Å². The molecule has 7 nitrogen and oxygen atoms in total. The van der Waals surface area contributed by atoms with Crippen molar-refractivity contribution in [3.05, 3.63) is 110 Å². The minimum absolute atomic E-state index is 0.00630. The molecule has 0 N–H and O–H groups in total. The lowest BCUT2D eigenvalue weighted by Crippen LogP contribution is -1.93. The summed E-state index contributed by atoms with van der Waals surface area (Å²) in [5.41, 5.74) is 4.44. The molecule has 0 aliphatic rings. The number of rotatable bonds is 5. The Morgan fingerprint density at radius 2 is 0.968 bits per heavy atom. The lowest BCUT2D eigenvalue weighted by molar-refractivity contribution is -0.385. The fourth-order valence-electron chi connectivity index (χ4n) is 3.14. The maximum Gasteiger partial charge on any atom is 0.269 e. The van der Waals surface area contributed by atoms with Gasteiger partial charge in [0.25, 0.3) is 11.4 Å². The van der Waals surface area contributed by atoms with Crippen LogP contribution in [-0.2, 0) is 0 Å². The second kappa shape index (κ2) is 8.33. The van der Waals surface area contributed by atoms with E-state index in [9.17, 15) is 20.2 Å². The third-order valence-electron chi connectivity index (χ3n) is 4.75. The van der Waals surface area contributed by atoms with Crippen molar-refractivity contribution in [3.8, 4) is 33.6 Å². The molecule has 0 aliphatic carbocycles. The normalized spacial score (nSPS) is 10.6. The number of aromatic nitrogens is 1. The summed E-state index contributed by atoms with van der Waals surface area (Å²) >= 11 is 6.01. The third-order valence-corrected chi connectivity index (χ3v) is 5.00. The second-order valence-electron chi connectivity index (χ2n) is 6.74. The third kappa shape index (κ3) is 4.41. The lowest BCUT2D eigenvalue weighted by Gasteiger charge is -2.10. The fourth-order valence-corrected chi connectivity index (χ4v) is 3.27. The first kappa shape index (κ1) is 20.2. The second-order valence-corrected chi connectivity index (χ2v) is 7.18. The molecule has 0 saturated heterocycles. The van der Waals surface area contributed by atoms with E-state index in [-0.39, 0.29) is 11.4 Å². The Kier molecular flexibility index (Phi) is 5.43. The van der Waals surface area contributed by atoms with Crippen LogP contribution in [-0.4, -0.2) is 14.8 Å². The van der Waals surface area contributed by atoms with Gasteiger partial charge >= 0.3 is 0 Å². The maximum atomic E-state index is 11.0. The van der Waals surface area contributed by atoms with E-state index in [1.165, 1.54) is 24.3 Å². The number of halogens is 1. The zero-order valence-corrected chi connectivity index (χ0v) is 16.7. The Labute approximate surface area is 181 Å². The van der Waals surface area contributed by atoms with Crippen LogP contribution in [0.5, 0.6) is 0 Å². The highest BCUT2D eigenvalue weighted by atomic mass is 35.5. The van der Waals surface area contributed by atoms with Crippen LogP contribution < -0.4 is 0 Å². The molecule has 4 rings (SSSR count). The summed E-state index contributed by atoms with van der Waals surface area (Å²) in [7, 11) is 0. The summed E-state index contributed by atoms with van der Waals surface area (Å²) in [6.07, 6.45) is 0. The molecule has 0 bridgehead atoms. The maximum absolute atomic E-state index is 11.0. The van der Waals surface area contributed by atoms with Crippen LogP contribution in [0, 0.1) is 20.2 Å². The molecule has 1 aromatic heterocycles. The van der Waals surface area contributed by atoms with Gasteiger partial charge in [0.15, 0.2) is 0 Å². The Morgan fingerprint density at radius 3 is 1.35 bits per heavy atom. The molecule has 0 radical (unpaired) electrons. The molecule has 3 aromatic carbocycles. The van der Waals surface area contributed by atoms with Gasteiger partial charge in [0.05, 0.1) is 21.2 Å². The van der Waals surface area contributed by atoms with Gasteiger partial charge in [-0.2, -0.15) is 0 Å². The molecular formula is C23H14ClN3O4. The lowest BCUT2D eigenvalue weighted by atomic mass is 10.00. The van der Waals surface area contributed by atoms with Gasteiger partial charge in [0.1, 0.15) is 0 Å². The first-order chi connectivity index (χ1) is 14.9. The Morgan fingerprint density at radius 1 is 0.581 bits per heavy atom. The predicted octanol–water partition coefficient (Wildman–Crippen LogP) is 6.55. The standard InChI is InChI=1S/C23H14ClN3O4/c24-19-7-1-15(2-8-19)18-13-22(16-3-9-20(10-4-16)26(28)29)25-23(14-18)17-5-11-21(12-6-17)27(30)31/h1-14H. The number of hydrogen-bond donors (Lipinski definition) is 0. The van der Waals surface area contributed by atoms with Crippen LogP contribution in [0.15, 0.2) is 84.9 Å². The van der Waals surface area contributed by atoms with Crippen molar-refractivity contribution in [2.45, 2.75) is 0 Å². The molecule has 0 spiro atoms. The number of pyridine rings is 1. The average molecular weight is 432 g/mol. The monoisotopic (exact) mass is 431 g/mol. The van der Waals surface area contributed by atoms with Crippen molar-refractivity contribution in [1.82, 2.24) is 4.98 Å². The summed E-state index contributed by atoms with van der Waals surface area (Å²) in [4.78, 5) is 25.7. The number of benzene rings is 3. The van der Waals surface area contributed by atoms with E-state index in [1.54, 1.807) is 36.4 Å². The summed E-state index contributed by atoms with van der Waals surface area (Å²) in [5, 5.41) is 22.5. The molecule has 0 unspecified atom stereocenters. The van der Waals surface area contributed by atoms with Crippen molar-refractivity contribution in [1.29, 1.82) is 0 Å². The highest BCUT2D eigenvalue weighted by molar-refractivity contribution is 6.30. The van der Waals surface area contributed by atoms with E-state index in [2.05, 4.69) is 0 Å². The molecule has 8 heteroatoms. The molecule has 0 fully saturated rings. The zero-order valence-electron chi connectivity index (χ0n) is 15.9. The highest BCUT2D eigenvalue weighted by Crippen LogP contribution is 2.32. The number of nitro groups is 2. The van der Waals surface area contributed by atoms with Crippen LogP contribution >= 0.6 is 11.6 Å². The Hall–Kier alpha value is -4.10. The topological polar surface area (TPSA) is 99.2 Å². The van der Waals surface area contributed by atoms with Crippen molar-refractivity contribution >= 4 is 23.0 Å². The van der Waals surface area contributed by atoms with Crippen LogP contribution in [0.25, 0.3) is 33.6 Å². The smallest absolute Gasteiger partial charge is 0.258 e. The highest BCUT2D eigenvalue weighted by Gasteiger charge is 2.12. The van der Waals surface area contributed by atoms with Gasteiger partial charge in [0, 0.05) is 40.4 Å². The number of non-ortho nitro benzene ring substituents is 2. The SMILES string of the molecule is O=[N+]([O-])c1ccc(-c2cc(-c3ccc(Cl)cc3)cc(-c3ccc([N+](=O)[O-])cc3)n2)cc1. The van der Waals surface area contributed by atoms with E-state index in [4.69, 9.17) is 16.6 Å². The molecular weight excluding hydrogens is 418 g/mol. The van der Waals surface area contributed by atoms with Crippen molar-refractivity contribution in [2.75, 3.05) is 0 Å². The van der Waals surface area contributed by atoms with E-state index >= 15 is 0 Å². The van der Waals surface area contributed by atoms with E-state index in [0.717, 1.165) is 11.1 Å².